The molecular weight excluding hydrogens is 362 g/mol. The van der Waals surface area contributed by atoms with Gasteiger partial charge in [-0.25, -0.2) is 31.6 Å². The lowest BCUT2D eigenvalue weighted by atomic mass is 10.2. The molecule has 0 radical (unpaired) electrons. The largest absolute Gasteiger partial charge is 0.275 e. The molecule has 0 saturated carbocycles. The Balaban J connectivity index is 0.000000383. The maximum atomic E-state index is 11.5. The van der Waals surface area contributed by atoms with Crippen LogP contribution in [0, 0.1) is 10.2 Å². The molecule has 0 bridgehead atoms. The maximum Gasteiger partial charge on any atom is 0.275 e. The summed E-state index contributed by atoms with van der Waals surface area (Å²) in [6.07, 6.45) is 0. The van der Waals surface area contributed by atoms with Crippen LogP contribution in [0.2, 0.25) is 0 Å². The van der Waals surface area contributed by atoms with Gasteiger partial charge in [0.25, 0.3) is 4.38 Å². The fourth-order valence-electron chi connectivity index (χ4n) is 1.91. The molecular formula is C10H16ClNO6S3. The molecule has 1 atom stereocenters. The summed E-state index contributed by atoms with van der Waals surface area (Å²) in [5.74, 6) is 0.248. The van der Waals surface area contributed by atoms with Crippen molar-refractivity contribution in [1.82, 2.24) is 0 Å². The summed E-state index contributed by atoms with van der Waals surface area (Å²) in [5, 5.41) is 1.46. The van der Waals surface area contributed by atoms with E-state index in [1.54, 1.807) is 23.5 Å². The maximum absolute atomic E-state index is 11.5. The second-order valence-electron chi connectivity index (χ2n) is 4.54. The number of hydrogen-bond acceptors (Lipinski definition) is 8. The number of hydrogen-bond donors (Lipinski definition) is 0. The molecule has 21 heavy (non-hydrogen) atoms. The molecule has 0 N–H and O–H groups in total. The van der Waals surface area contributed by atoms with Crippen molar-refractivity contribution in [3.05, 3.63) is 10.3 Å². The predicted octanol–water partition coefficient (Wildman–Crippen LogP) is -2.85. The first-order valence-electron chi connectivity index (χ1n) is 5.95. The molecule has 2 aliphatic heterocycles. The van der Waals surface area contributed by atoms with Gasteiger partial charge in [-0.1, -0.05) is 0 Å². The minimum atomic E-state index is -4.94. The van der Waals surface area contributed by atoms with E-state index in [1.807, 2.05) is 6.92 Å². The third-order valence-electron chi connectivity index (χ3n) is 2.82. The van der Waals surface area contributed by atoms with Crippen LogP contribution in [0.4, 0.5) is 0 Å². The zero-order chi connectivity index (χ0) is 16.5. The third-order valence-corrected chi connectivity index (χ3v) is 7.82. The van der Waals surface area contributed by atoms with Crippen LogP contribution in [0.15, 0.2) is 10.3 Å². The molecule has 0 aromatic rings. The van der Waals surface area contributed by atoms with Crippen LogP contribution >= 0.6 is 23.5 Å². The van der Waals surface area contributed by atoms with Crippen LogP contribution in [-0.2, 0) is 9.84 Å². The lowest BCUT2D eigenvalue weighted by Crippen LogP contribution is -2.68. The molecule has 7 nitrogen and oxygen atoms in total. The van der Waals surface area contributed by atoms with Crippen molar-refractivity contribution in [3.63, 3.8) is 0 Å². The van der Waals surface area contributed by atoms with Crippen molar-refractivity contribution in [1.29, 1.82) is 0 Å². The van der Waals surface area contributed by atoms with E-state index >= 15 is 0 Å². The number of halogens is 1. The topological polar surface area (TPSA) is 129 Å². The Hall–Kier alpha value is 0.190. The van der Waals surface area contributed by atoms with Gasteiger partial charge in [0.15, 0.2) is 9.84 Å². The van der Waals surface area contributed by atoms with Crippen LogP contribution < -0.4 is 18.6 Å². The summed E-state index contributed by atoms with van der Waals surface area (Å²) in [7, 11) is -7.91. The molecule has 122 valence electrons. The van der Waals surface area contributed by atoms with Crippen molar-refractivity contribution in [2.24, 2.45) is 0 Å². The summed E-state index contributed by atoms with van der Waals surface area (Å²) < 4.78 is 60.3. The average molecular weight is 378 g/mol. The van der Waals surface area contributed by atoms with Crippen LogP contribution in [0.25, 0.3) is 0 Å². The molecule has 1 fully saturated rings. The molecule has 1 unspecified atom stereocenters. The van der Waals surface area contributed by atoms with E-state index in [9.17, 15) is 8.42 Å². The van der Waals surface area contributed by atoms with Gasteiger partial charge >= 0.3 is 0 Å². The summed E-state index contributed by atoms with van der Waals surface area (Å²) in [5.41, 5.74) is 0. The van der Waals surface area contributed by atoms with Gasteiger partial charge in [-0.05, 0) is 44.3 Å². The van der Waals surface area contributed by atoms with Gasteiger partial charge < -0.3 is 0 Å². The Kier molecular flexibility index (Phi) is 6.18. The van der Waals surface area contributed by atoms with Crippen LogP contribution in [0.3, 0.4) is 0 Å². The fourth-order valence-corrected chi connectivity index (χ4v) is 8.07. The quantitative estimate of drug-likeness (QED) is 0.470. The molecule has 2 heterocycles. The van der Waals surface area contributed by atoms with E-state index in [-0.39, 0.29) is 10.5 Å². The van der Waals surface area contributed by atoms with E-state index < -0.39 is 20.1 Å². The van der Waals surface area contributed by atoms with Gasteiger partial charge in [0, 0.05) is 10.3 Å². The third kappa shape index (κ3) is 5.71. The van der Waals surface area contributed by atoms with Gasteiger partial charge in [0.2, 0.25) is 0 Å². The van der Waals surface area contributed by atoms with Crippen molar-refractivity contribution >= 4 is 37.7 Å². The number of fused-ring (bicyclic) bond motifs is 1. The summed E-state index contributed by atoms with van der Waals surface area (Å²) in [6.45, 7) is 8.22. The molecule has 0 aromatic heterocycles. The van der Waals surface area contributed by atoms with Crippen molar-refractivity contribution in [2.75, 3.05) is 18.8 Å². The number of nitrogens with zero attached hydrogens (tertiary/aromatic N) is 1. The average Bonchev–Trinajstić information content (AvgIpc) is 2.63. The summed E-state index contributed by atoms with van der Waals surface area (Å²) in [6, 6.07) is 0. The molecule has 2 rings (SSSR count). The zero-order valence-electron chi connectivity index (χ0n) is 11.7. The number of sulfone groups is 1. The fraction of sp³-hybridized carbons (Fsp3) is 0.700. The normalized spacial score (nSPS) is 26.8. The molecule has 0 spiro atoms. The van der Waals surface area contributed by atoms with E-state index in [0.717, 1.165) is 18.0 Å². The van der Waals surface area contributed by atoms with Crippen LogP contribution in [0.5, 0.6) is 0 Å². The Morgan fingerprint density at radius 1 is 1.29 bits per heavy atom. The van der Waals surface area contributed by atoms with E-state index in [0.29, 0.717) is 0 Å². The molecule has 0 aliphatic carbocycles. The highest BCUT2D eigenvalue weighted by Crippen LogP contribution is 2.54. The smallest absolute Gasteiger partial charge is 0.224 e. The standard InChI is InChI=1S/C10H16NO2S3.ClHO4/c1-4-11(5-2)9-14-8-6-16(12,13)7-10(8,3)15-9;2-1(3,4)5/h6H,4-5,7H2,1-3H3;(H,2,3,4,5)/q+1;/p-1. The zero-order valence-corrected chi connectivity index (χ0v) is 14.9. The number of thioether (sulfide) groups is 2. The second kappa shape index (κ2) is 6.75. The van der Waals surface area contributed by atoms with Crippen LogP contribution in [0.1, 0.15) is 20.8 Å². The summed E-state index contributed by atoms with van der Waals surface area (Å²) >= 11 is 3.33. The first-order chi connectivity index (χ1) is 9.40. The Bertz CT molecular complexity index is 556. The highest BCUT2D eigenvalue weighted by Gasteiger charge is 2.50. The highest BCUT2D eigenvalue weighted by atomic mass is 35.7. The second-order valence-corrected chi connectivity index (χ2v) is 9.93. The molecule has 0 aromatic carbocycles. The monoisotopic (exact) mass is 377 g/mol. The minimum Gasteiger partial charge on any atom is -0.224 e. The Morgan fingerprint density at radius 2 is 1.76 bits per heavy atom. The van der Waals surface area contributed by atoms with Gasteiger partial charge in [0.1, 0.15) is 13.1 Å². The molecule has 0 amide bonds. The van der Waals surface area contributed by atoms with Gasteiger partial charge in [-0.3, -0.25) is 0 Å². The van der Waals surface area contributed by atoms with E-state index in [1.165, 1.54) is 9.78 Å². The van der Waals surface area contributed by atoms with Crippen molar-refractivity contribution in [3.8, 4) is 0 Å². The predicted molar refractivity (Wildman–Crippen MR) is 71.8 cm³/mol. The molecule has 2 aliphatic rings. The Labute approximate surface area is 134 Å². The minimum absolute atomic E-state index is 0.235. The van der Waals surface area contributed by atoms with Gasteiger partial charge in [-0.2, -0.15) is 0 Å². The number of rotatable bonds is 2. The lowest BCUT2D eigenvalue weighted by molar-refractivity contribution is -2.00. The van der Waals surface area contributed by atoms with E-state index in [4.69, 9.17) is 18.6 Å². The molecule has 11 heteroatoms. The first kappa shape index (κ1) is 19.2. The van der Waals surface area contributed by atoms with Crippen molar-refractivity contribution < 1.29 is 41.9 Å². The summed E-state index contributed by atoms with van der Waals surface area (Å²) in [4.78, 5) is 0.999. The van der Waals surface area contributed by atoms with Gasteiger partial charge in [0.05, 0.1) is 10.5 Å². The molecule has 1 saturated heterocycles. The lowest BCUT2D eigenvalue weighted by Gasteiger charge is -2.17. The SMILES string of the molecule is CC[N+](CC)=C1SC2=CS(=O)(=O)CC2(C)S1.[O-][Cl+3]([O-])([O-])[O-]. The highest BCUT2D eigenvalue weighted by molar-refractivity contribution is 8.44. The Morgan fingerprint density at radius 3 is 2.14 bits per heavy atom. The first-order valence-corrected chi connectivity index (χ1v) is 10.5. The van der Waals surface area contributed by atoms with Crippen molar-refractivity contribution in [2.45, 2.75) is 25.5 Å². The van der Waals surface area contributed by atoms with Crippen LogP contribution in [-0.4, -0.2) is 41.0 Å². The van der Waals surface area contributed by atoms with Gasteiger partial charge in [-0.15, -0.1) is 10.2 Å². The van der Waals surface area contributed by atoms with E-state index in [2.05, 4.69) is 18.4 Å².